The number of aromatic nitrogens is 1. The molecule has 6 heteroatoms. The fourth-order valence-corrected chi connectivity index (χ4v) is 2.90. The van der Waals surface area contributed by atoms with E-state index in [4.69, 9.17) is 10.00 Å². The molecule has 1 N–H and O–H groups in total. The Morgan fingerprint density at radius 2 is 2.48 bits per heavy atom. The summed E-state index contributed by atoms with van der Waals surface area (Å²) in [7, 11) is 0. The maximum atomic E-state index is 12.0. The highest BCUT2D eigenvalue weighted by atomic mass is 16.5. The normalized spacial score (nSPS) is 25.1. The number of fused-ring (bicyclic) bond motifs is 1. The molecule has 0 saturated carbocycles. The summed E-state index contributed by atoms with van der Waals surface area (Å²) in [5, 5.41) is 11.6. The zero-order chi connectivity index (χ0) is 14.7. The molecule has 0 radical (unpaired) electrons. The molecule has 21 heavy (non-hydrogen) atoms. The van der Waals surface area contributed by atoms with Gasteiger partial charge in [-0.05, 0) is 31.5 Å². The highest BCUT2D eigenvalue weighted by Crippen LogP contribution is 2.22. The van der Waals surface area contributed by atoms with Gasteiger partial charge in [-0.25, -0.2) is 4.98 Å². The molecule has 110 valence electrons. The van der Waals surface area contributed by atoms with Gasteiger partial charge in [-0.15, -0.1) is 0 Å². The summed E-state index contributed by atoms with van der Waals surface area (Å²) in [5.74, 6) is -0.230. The van der Waals surface area contributed by atoms with Gasteiger partial charge >= 0.3 is 0 Å². The van der Waals surface area contributed by atoms with E-state index in [1.165, 1.54) is 19.0 Å². The van der Waals surface area contributed by atoms with Crippen LogP contribution in [0.15, 0.2) is 18.3 Å². The molecule has 2 aliphatic heterocycles. The average Bonchev–Trinajstić information content (AvgIpc) is 3.00. The Bertz CT molecular complexity index is 552. The molecule has 6 nitrogen and oxygen atoms in total. The molecule has 3 rings (SSSR count). The molecule has 2 aliphatic rings. The smallest absolute Gasteiger partial charge is 0.269 e. The van der Waals surface area contributed by atoms with E-state index in [1.54, 1.807) is 12.1 Å². The molecular weight excluding hydrogens is 268 g/mol. The second-order valence-corrected chi connectivity index (χ2v) is 5.50. The van der Waals surface area contributed by atoms with Crippen LogP contribution < -0.4 is 5.32 Å². The predicted octanol–water partition coefficient (Wildman–Crippen LogP) is 0.546. The Morgan fingerprint density at radius 3 is 3.24 bits per heavy atom. The van der Waals surface area contributed by atoms with E-state index in [0.29, 0.717) is 23.8 Å². The summed E-state index contributed by atoms with van der Waals surface area (Å²) in [6.07, 6.45) is 3.90. The molecular formula is C15H18N4O2. The summed E-state index contributed by atoms with van der Waals surface area (Å²) in [5.41, 5.74) is 0.770. The summed E-state index contributed by atoms with van der Waals surface area (Å²) in [4.78, 5) is 18.4. The molecule has 0 aliphatic carbocycles. The van der Waals surface area contributed by atoms with Crippen LogP contribution >= 0.6 is 0 Å². The summed E-state index contributed by atoms with van der Waals surface area (Å²) in [6, 6.07) is 5.70. The Hall–Kier alpha value is -1.97. The first-order chi connectivity index (χ1) is 10.3. The summed E-state index contributed by atoms with van der Waals surface area (Å²) < 4.78 is 5.79. The number of ether oxygens (including phenoxy) is 1. The quantitative estimate of drug-likeness (QED) is 0.877. The van der Waals surface area contributed by atoms with Crippen molar-refractivity contribution in [1.29, 1.82) is 5.26 Å². The molecule has 1 aromatic rings. The van der Waals surface area contributed by atoms with E-state index in [1.807, 2.05) is 6.07 Å². The van der Waals surface area contributed by atoms with Crippen molar-refractivity contribution in [1.82, 2.24) is 15.2 Å². The van der Waals surface area contributed by atoms with E-state index >= 15 is 0 Å². The van der Waals surface area contributed by atoms with Gasteiger partial charge < -0.3 is 10.1 Å². The average molecular weight is 286 g/mol. The second-order valence-electron chi connectivity index (χ2n) is 5.50. The number of nitriles is 1. The molecule has 2 atom stereocenters. The van der Waals surface area contributed by atoms with Gasteiger partial charge in [0.25, 0.3) is 5.91 Å². The third-order valence-corrected chi connectivity index (χ3v) is 4.08. The molecule has 0 bridgehead atoms. The molecule has 0 spiro atoms. The minimum absolute atomic E-state index is 0.0432. The molecule has 2 fully saturated rings. The first kappa shape index (κ1) is 14.0. The van der Waals surface area contributed by atoms with Crippen molar-refractivity contribution < 1.29 is 9.53 Å². The number of carbonyl (C=O) groups is 1. The summed E-state index contributed by atoms with van der Waals surface area (Å²) >= 11 is 0. The van der Waals surface area contributed by atoms with Crippen molar-refractivity contribution in [2.24, 2.45) is 0 Å². The Kier molecular flexibility index (Phi) is 4.13. The van der Waals surface area contributed by atoms with E-state index < -0.39 is 0 Å². The van der Waals surface area contributed by atoms with Crippen LogP contribution in [0.1, 0.15) is 28.9 Å². The zero-order valence-electron chi connectivity index (χ0n) is 11.8. The highest BCUT2D eigenvalue weighted by molar-refractivity contribution is 5.92. The second kappa shape index (κ2) is 6.20. The van der Waals surface area contributed by atoms with E-state index in [2.05, 4.69) is 15.2 Å². The number of nitrogens with one attached hydrogen (secondary N) is 1. The molecule has 2 unspecified atom stereocenters. The standard InChI is InChI=1S/C15H18N4O2/c16-6-11-3-4-14(17-7-11)15(20)18-8-13-9-19-5-1-2-12(19)10-21-13/h3-4,7,12-13H,1-2,5,8-10H2,(H,18,20). The van der Waals surface area contributed by atoms with E-state index in [9.17, 15) is 4.79 Å². The van der Waals surface area contributed by atoms with Crippen LogP contribution in [-0.4, -0.2) is 54.2 Å². The highest BCUT2D eigenvalue weighted by Gasteiger charge is 2.32. The van der Waals surface area contributed by atoms with Gasteiger partial charge in [0, 0.05) is 25.3 Å². The lowest BCUT2D eigenvalue weighted by molar-refractivity contribution is -0.0462. The van der Waals surface area contributed by atoms with Crippen LogP contribution in [0.3, 0.4) is 0 Å². The topological polar surface area (TPSA) is 78.2 Å². The van der Waals surface area contributed by atoms with E-state index in [-0.39, 0.29) is 12.0 Å². The number of hydrogen-bond donors (Lipinski definition) is 1. The monoisotopic (exact) mass is 286 g/mol. The van der Waals surface area contributed by atoms with Gasteiger partial charge in [0.2, 0.25) is 0 Å². The lowest BCUT2D eigenvalue weighted by atomic mass is 10.2. The van der Waals surface area contributed by atoms with Crippen LogP contribution in [0.2, 0.25) is 0 Å². The minimum Gasteiger partial charge on any atom is -0.373 e. The number of morpholine rings is 1. The van der Waals surface area contributed by atoms with Crippen LogP contribution in [0, 0.1) is 11.3 Å². The third-order valence-electron chi connectivity index (χ3n) is 4.08. The SMILES string of the molecule is N#Cc1ccc(C(=O)NCC2CN3CCCC3CO2)nc1. The fraction of sp³-hybridized carbons (Fsp3) is 0.533. The number of rotatable bonds is 3. The first-order valence-corrected chi connectivity index (χ1v) is 7.26. The van der Waals surface area contributed by atoms with Crippen molar-refractivity contribution in [2.45, 2.75) is 25.0 Å². The Labute approximate surface area is 123 Å². The summed E-state index contributed by atoms with van der Waals surface area (Å²) in [6.45, 7) is 3.26. The largest absolute Gasteiger partial charge is 0.373 e. The van der Waals surface area contributed by atoms with Crippen LogP contribution in [-0.2, 0) is 4.74 Å². The number of amides is 1. The number of carbonyl (C=O) groups excluding carboxylic acids is 1. The van der Waals surface area contributed by atoms with Crippen LogP contribution in [0.5, 0.6) is 0 Å². The van der Waals surface area contributed by atoms with Gasteiger partial charge in [-0.3, -0.25) is 9.69 Å². The number of nitrogens with zero attached hydrogens (tertiary/aromatic N) is 3. The fourth-order valence-electron chi connectivity index (χ4n) is 2.90. The Balaban J connectivity index is 1.50. The molecule has 0 aromatic carbocycles. The maximum absolute atomic E-state index is 12.0. The van der Waals surface area contributed by atoms with Crippen molar-refractivity contribution in [3.8, 4) is 6.07 Å². The van der Waals surface area contributed by atoms with E-state index in [0.717, 1.165) is 19.7 Å². The minimum atomic E-state index is -0.230. The lowest BCUT2D eigenvalue weighted by Crippen LogP contribution is -2.50. The van der Waals surface area contributed by atoms with Gasteiger partial charge in [0.15, 0.2) is 0 Å². The number of hydrogen-bond acceptors (Lipinski definition) is 5. The Morgan fingerprint density at radius 1 is 1.57 bits per heavy atom. The van der Waals surface area contributed by atoms with Gasteiger partial charge in [-0.2, -0.15) is 5.26 Å². The maximum Gasteiger partial charge on any atom is 0.269 e. The van der Waals surface area contributed by atoms with Crippen molar-refractivity contribution >= 4 is 5.91 Å². The third kappa shape index (κ3) is 3.20. The number of pyridine rings is 1. The lowest BCUT2D eigenvalue weighted by Gasteiger charge is -2.35. The van der Waals surface area contributed by atoms with Gasteiger partial charge in [-0.1, -0.05) is 0 Å². The molecule has 1 aromatic heterocycles. The van der Waals surface area contributed by atoms with Crippen molar-refractivity contribution in [3.05, 3.63) is 29.6 Å². The zero-order valence-corrected chi connectivity index (χ0v) is 11.8. The molecule has 2 saturated heterocycles. The van der Waals surface area contributed by atoms with Gasteiger partial charge in [0.1, 0.15) is 11.8 Å². The van der Waals surface area contributed by atoms with Crippen LogP contribution in [0.25, 0.3) is 0 Å². The van der Waals surface area contributed by atoms with Gasteiger partial charge in [0.05, 0.1) is 18.3 Å². The predicted molar refractivity (Wildman–Crippen MR) is 75.6 cm³/mol. The van der Waals surface area contributed by atoms with Crippen molar-refractivity contribution in [3.63, 3.8) is 0 Å². The molecule has 3 heterocycles. The molecule has 1 amide bonds. The van der Waals surface area contributed by atoms with Crippen molar-refractivity contribution in [2.75, 3.05) is 26.2 Å². The first-order valence-electron chi connectivity index (χ1n) is 7.26. The van der Waals surface area contributed by atoms with Crippen LogP contribution in [0.4, 0.5) is 0 Å².